The lowest BCUT2D eigenvalue weighted by molar-refractivity contribution is 1.22. The third-order valence-electron chi connectivity index (χ3n) is 11.1. The van der Waals surface area contributed by atoms with Gasteiger partial charge in [0.25, 0.3) is 0 Å². The van der Waals surface area contributed by atoms with Crippen molar-refractivity contribution in [1.82, 2.24) is 9.97 Å². The number of fused-ring (bicyclic) bond motifs is 3. The number of rotatable bonds is 7. The van der Waals surface area contributed by atoms with Crippen LogP contribution in [-0.4, -0.2) is 9.97 Å². The number of nitrogens with zero attached hydrogens (tertiary/aromatic N) is 3. The standard InChI is InChI=1S/C54H35N3S/c1-4-15-36(16-5-1)38-29-31-39(32-30-38)53-43-23-10-11-27-47(43)55-54(56-53)46-26-14-28-49-52(46)45-25-13-24-44-48(33-34-50(58-49)51(44)45)57(41-20-8-3-9-21-41)42-22-12-19-40(35-42)37-17-6-2-7-18-37/h1-35H. The van der Waals surface area contributed by atoms with Gasteiger partial charge in [-0.2, -0.15) is 0 Å². The van der Waals surface area contributed by atoms with Gasteiger partial charge >= 0.3 is 0 Å². The quantitative estimate of drug-likeness (QED) is 0.162. The zero-order chi connectivity index (χ0) is 38.4. The van der Waals surface area contributed by atoms with E-state index in [-0.39, 0.29) is 0 Å². The van der Waals surface area contributed by atoms with Crippen molar-refractivity contribution in [2.45, 2.75) is 9.79 Å². The van der Waals surface area contributed by atoms with Gasteiger partial charge in [0.15, 0.2) is 5.82 Å². The molecule has 0 bridgehead atoms. The Labute approximate surface area is 342 Å². The van der Waals surface area contributed by atoms with Gasteiger partial charge in [-0.15, -0.1) is 0 Å². The van der Waals surface area contributed by atoms with Crippen LogP contribution in [0.5, 0.6) is 0 Å². The minimum absolute atomic E-state index is 0.721. The fourth-order valence-corrected chi connectivity index (χ4v) is 9.54. The van der Waals surface area contributed by atoms with Gasteiger partial charge in [0, 0.05) is 54.0 Å². The minimum Gasteiger partial charge on any atom is -0.310 e. The van der Waals surface area contributed by atoms with E-state index in [0.717, 1.165) is 50.6 Å². The predicted octanol–water partition coefficient (Wildman–Crippen LogP) is 15.1. The molecule has 58 heavy (non-hydrogen) atoms. The Morgan fingerprint density at radius 1 is 0.379 bits per heavy atom. The molecule has 0 fully saturated rings. The molecule has 1 aliphatic heterocycles. The zero-order valence-corrected chi connectivity index (χ0v) is 32.3. The summed E-state index contributed by atoms with van der Waals surface area (Å²) in [6.45, 7) is 0. The molecule has 272 valence electrons. The van der Waals surface area contributed by atoms with Crippen molar-refractivity contribution in [3.63, 3.8) is 0 Å². The first kappa shape index (κ1) is 34.0. The van der Waals surface area contributed by atoms with E-state index < -0.39 is 0 Å². The van der Waals surface area contributed by atoms with Crippen LogP contribution in [0, 0.1) is 0 Å². The van der Waals surface area contributed by atoms with E-state index in [9.17, 15) is 0 Å². The fourth-order valence-electron chi connectivity index (χ4n) is 8.37. The van der Waals surface area contributed by atoms with Crippen LogP contribution in [0.15, 0.2) is 222 Å². The second-order valence-corrected chi connectivity index (χ2v) is 15.6. The summed E-state index contributed by atoms with van der Waals surface area (Å²) in [5, 5.41) is 3.46. The Hall–Kier alpha value is -7.27. The molecule has 0 aliphatic carbocycles. The number of hydrogen-bond donors (Lipinski definition) is 0. The molecule has 2 heterocycles. The first-order chi connectivity index (χ1) is 28.8. The Kier molecular flexibility index (Phi) is 8.41. The van der Waals surface area contributed by atoms with Gasteiger partial charge in [-0.25, -0.2) is 9.97 Å². The van der Waals surface area contributed by atoms with E-state index >= 15 is 0 Å². The van der Waals surface area contributed by atoms with E-state index in [1.54, 1.807) is 0 Å². The van der Waals surface area contributed by atoms with Crippen LogP contribution in [0.1, 0.15) is 0 Å². The second kappa shape index (κ2) is 14.3. The highest BCUT2D eigenvalue weighted by atomic mass is 32.2. The van der Waals surface area contributed by atoms with Crippen LogP contribution < -0.4 is 4.90 Å². The largest absolute Gasteiger partial charge is 0.310 e. The molecule has 0 N–H and O–H groups in total. The van der Waals surface area contributed by atoms with Crippen LogP contribution in [0.2, 0.25) is 0 Å². The minimum atomic E-state index is 0.721. The van der Waals surface area contributed by atoms with Crippen LogP contribution in [0.4, 0.5) is 17.1 Å². The Morgan fingerprint density at radius 3 is 1.76 bits per heavy atom. The Balaban J connectivity index is 1.08. The maximum absolute atomic E-state index is 5.40. The van der Waals surface area contributed by atoms with Gasteiger partial charge in [0.1, 0.15) is 0 Å². The summed E-state index contributed by atoms with van der Waals surface area (Å²) >= 11 is 1.83. The number of benzene rings is 9. The van der Waals surface area contributed by atoms with Gasteiger partial charge in [-0.1, -0.05) is 176 Å². The second-order valence-electron chi connectivity index (χ2n) is 14.5. The molecular weight excluding hydrogens is 723 g/mol. The molecule has 1 aliphatic rings. The molecule has 0 atom stereocenters. The monoisotopic (exact) mass is 757 g/mol. The van der Waals surface area contributed by atoms with Crippen LogP contribution >= 0.6 is 11.8 Å². The van der Waals surface area contributed by atoms with Gasteiger partial charge in [0.2, 0.25) is 0 Å². The number of hydrogen-bond acceptors (Lipinski definition) is 4. The number of aromatic nitrogens is 2. The molecule has 0 spiro atoms. The van der Waals surface area contributed by atoms with E-state index in [4.69, 9.17) is 9.97 Å². The molecule has 10 aromatic rings. The number of anilines is 3. The first-order valence-corrected chi connectivity index (χ1v) is 20.4. The molecule has 11 rings (SSSR count). The third kappa shape index (κ3) is 5.94. The SMILES string of the molecule is c1ccc(-c2ccc(-c3nc(-c4cccc5c4-c4cccc6c(N(c7ccccc7)c7cccc(-c8ccccc8)c7)ccc(c46)S5)nc4ccccc34)cc2)cc1. The summed E-state index contributed by atoms with van der Waals surface area (Å²) in [6.07, 6.45) is 0. The van der Waals surface area contributed by atoms with Crippen LogP contribution in [0.3, 0.4) is 0 Å². The van der Waals surface area contributed by atoms with Crippen molar-refractivity contribution in [3.8, 4) is 56.0 Å². The highest BCUT2D eigenvalue weighted by Crippen LogP contribution is 2.53. The van der Waals surface area contributed by atoms with Crippen molar-refractivity contribution < 1.29 is 0 Å². The third-order valence-corrected chi connectivity index (χ3v) is 12.2. The molecule has 1 aromatic heterocycles. The average Bonchev–Trinajstić information content (AvgIpc) is 3.30. The lowest BCUT2D eigenvalue weighted by Crippen LogP contribution is -2.11. The summed E-state index contributed by atoms with van der Waals surface area (Å²) < 4.78 is 0. The van der Waals surface area contributed by atoms with Crippen molar-refractivity contribution >= 4 is 50.5 Å². The topological polar surface area (TPSA) is 29.0 Å². The van der Waals surface area contributed by atoms with Crippen molar-refractivity contribution in [2.75, 3.05) is 4.90 Å². The first-order valence-electron chi connectivity index (χ1n) is 19.6. The Morgan fingerprint density at radius 2 is 0.966 bits per heavy atom. The lowest BCUT2D eigenvalue weighted by atomic mass is 9.92. The summed E-state index contributed by atoms with van der Waals surface area (Å²) in [5.41, 5.74) is 14.4. The molecule has 0 saturated heterocycles. The van der Waals surface area contributed by atoms with Crippen molar-refractivity contribution in [1.29, 1.82) is 0 Å². The number of para-hydroxylation sites is 2. The normalized spacial score (nSPS) is 11.7. The van der Waals surface area contributed by atoms with E-state index in [1.165, 1.54) is 53.9 Å². The molecular formula is C54H35N3S. The highest BCUT2D eigenvalue weighted by Gasteiger charge is 2.27. The van der Waals surface area contributed by atoms with E-state index in [2.05, 4.69) is 217 Å². The molecule has 3 nitrogen and oxygen atoms in total. The summed E-state index contributed by atoms with van der Waals surface area (Å²) in [5.74, 6) is 0.721. The molecule has 4 heteroatoms. The van der Waals surface area contributed by atoms with E-state index in [1.807, 2.05) is 11.8 Å². The lowest BCUT2D eigenvalue weighted by Gasteiger charge is -2.29. The van der Waals surface area contributed by atoms with Crippen LogP contribution in [0.25, 0.3) is 77.7 Å². The summed E-state index contributed by atoms with van der Waals surface area (Å²) in [7, 11) is 0. The fraction of sp³-hybridized carbons (Fsp3) is 0. The van der Waals surface area contributed by atoms with Crippen molar-refractivity contribution in [3.05, 3.63) is 212 Å². The maximum atomic E-state index is 5.40. The van der Waals surface area contributed by atoms with Gasteiger partial charge in [-0.3, -0.25) is 0 Å². The molecule has 9 aromatic carbocycles. The smallest absolute Gasteiger partial charge is 0.161 e. The van der Waals surface area contributed by atoms with Crippen molar-refractivity contribution in [2.24, 2.45) is 0 Å². The summed E-state index contributed by atoms with van der Waals surface area (Å²) in [4.78, 5) is 15.5. The van der Waals surface area contributed by atoms with Crippen LogP contribution in [-0.2, 0) is 0 Å². The molecule has 0 saturated carbocycles. The molecule has 0 radical (unpaired) electrons. The van der Waals surface area contributed by atoms with E-state index in [0.29, 0.717) is 0 Å². The average molecular weight is 758 g/mol. The maximum Gasteiger partial charge on any atom is 0.161 e. The molecule has 0 amide bonds. The van der Waals surface area contributed by atoms with Gasteiger partial charge < -0.3 is 4.90 Å². The Bertz CT molecular complexity index is 3130. The molecule has 0 unspecified atom stereocenters. The highest BCUT2D eigenvalue weighted by molar-refractivity contribution is 7.99. The summed E-state index contributed by atoms with van der Waals surface area (Å²) in [6, 6.07) is 75.6. The predicted molar refractivity (Wildman–Crippen MR) is 243 cm³/mol. The van der Waals surface area contributed by atoms with Gasteiger partial charge in [0.05, 0.1) is 16.9 Å². The van der Waals surface area contributed by atoms with Gasteiger partial charge in [-0.05, 0) is 76.3 Å². The zero-order valence-electron chi connectivity index (χ0n) is 31.5.